The van der Waals surface area contributed by atoms with Gasteiger partial charge >= 0.3 is 6.18 Å². The maximum atomic E-state index is 15.7. The third kappa shape index (κ3) is 12.3. The molecule has 0 fully saturated rings. The number of nitrogens with zero attached hydrogens (tertiary/aromatic N) is 16. The lowest BCUT2D eigenvalue weighted by Gasteiger charge is -2.18. The van der Waals surface area contributed by atoms with Crippen LogP contribution in [-0.2, 0) is 6.18 Å². The monoisotopic (exact) mass is 1430 g/mol. The highest BCUT2D eigenvalue weighted by Gasteiger charge is 2.33. The molecule has 0 saturated carbocycles. The molecular formula is C91H53F3N16. The molecule has 0 amide bonds. The molecular weight excluding hydrogens is 1370 g/mol. The number of nitriles is 1. The van der Waals surface area contributed by atoms with Crippen molar-refractivity contribution in [3.63, 3.8) is 0 Å². The predicted octanol–water partition coefficient (Wildman–Crippen LogP) is 20.9. The van der Waals surface area contributed by atoms with Crippen LogP contribution in [0.4, 0.5) is 13.2 Å². The van der Waals surface area contributed by atoms with E-state index in [1.54, 1.807) is 12.3 Å². The van der Waals surface area contributed by atoms with Gasteiger partial charge in [-0.05, 0) is 54.1 Å². The van der Waals surface area contributed by atoms with Gasteiger partial charge in [0.2, 0.25) is 0 Å². The van der Waals surface area contributed by atoms with Crippen LogP contribution < -0.4 is 0 Å². The summed E-state index contributed by atoms with van der Waals surface area (Å²) in [6.45, 7) is 0. The Morgan fingerprint density at radius 1 is 0.264 bits per heavy atom. The van der Waals surface area contributed by atoms with Crippen LogP contribution >= 0.6 is 0 Å². The van der Waals surface area contributed by atoms with Crippen molar-refractivity contribution in [3.05, 3.63) is 333 Å². The second-order valence-electron chi connectivity index (χ2n) is 26.2. The van der Waals surface area contributed by atoms with Gasteiger partial charge in [-0.15, -0.1) is 0 Å². The van der Waals surface area contributed by atoms with E-state index in [2.05, 4.69) is 11.1 Å². The SMILES string of the molecule is N#Cc1cc(-c2cc(-n3c4cc(-c5nc(-c6ccccc6)nc(-c6ccccc6)n5)ccc4c4ccc(-c5nc(-c6ccccc6)nc(-c6ccccc6)n5)cc43)ncc2-n2c3cc(-c4ncnc(-c5ccccc5)n4)ccc3c3ccc(-c4nc(-c5ccccc5)nc(-c5ccccc5)n4)cc32)cc(C(F)(F)F)c1. The molecule has 0 unspecified atom stereocenters. The number of pyridine rings is 1. The molecule has 7 aromatic heterocycles. The second-order valence-corrected chi connectivity index (χ2v) is 26.2. The smallest absolute Gasteiger partial charge is 0.307 e. The summed E-state index contributed by atoms with van der Waals surface area (Å²) < 4.78 is 51.1. The first-order valence-corrected chi connectivity index (χ1v) is 35.2. The van der Waals surface area contributed by atoms with Crippen molar-refractivity contribution in [3.8, 4) is 154 Å². The molecule has 0 saturated heterocycles. The van der Waals surface area contributed by atoms with E-state index in [0.717, 1.165) is 72.6 Å². The van der Waals surface area contributed by atoms with Crippen molar-refractivity contribution < 1.29 is 13.2 Å². The van der Waals surface area contributed by atoms with Gasteiger partial charge in [0.1, 0.15) is 12.1 Å². The largest absolute Gasteiger partial charge is 0.416 e. The van der Waals surface area contributed by atoms with Gasteiger partial charge in [0.25, 0.3) is 0 Å². The van der Waals surface area contributed by atoms with Gasteiger partial charge in [-0.3, -0.25) is 4.57 Å². The molecule has 12 aromatic carbocycles. The third-order valence-electron chi connectivity index (χ3n) is 19.3. The summed E-state index contributed by atoms with van der Waals surface area (Å²) in [6, 6.07) is 98.9. The van der Waals surface area contributed by atoms with E-state index in [-0.39, 0.29) is 22.5 Å². The maximum Gasteiger partial charge on any atom is 0.416 e. The summed E-state index contributed by atoms with van der Waals surface area (Å²) in [4.78, 5) is 65.8. The fourth-order valence-corrected chi connectivity index (χ4v) is 14.1. The number of rotatable bonds is 14. The average Bonchev–Trinajstić information content (AvgIpc) is 1.56. The quantitative estimate of drug-likeness (QED) is 0.0995. The number of benzene rings is 12. The van der Waals surface area contributed by atoms with Crippen LogP contribution in [-0.4, -0.2) is 73.9 Å². The number of fused-ring (bicyclic) bond motifs is 6. The van der Waals surface area contributed by atoms with Crippen molar-refractivity contribution in [1.82, 2.24) is 73.9 Å². The minimum absolute atomic E-state index is 0.0704. The zero-order chi connectivity index (χ0) is 73.8. The molecule has 0 aliphatic heterocycles. The zero-order valence-electron chi connectivity index (χ0n) is 57.9. The van der Waals surface area contributed by atoms with E-state index in [0.29, 0.717) is 114 Å². The summed E-state index contributed by atoms with van der Waals surface area (Å²) in [5, 5.41) is 13.9. The molecule has 0 N–H and O–H groups in total. The predicted molar refractivity (Wildman–Crippen MR) is 421 cm³/mol. The molecule has 0 bridgehead atoms. The average molecular weight is 1430 g/mol. The van der Waals surface area contributed by atoms with Crippen molar-refractivity contribution in [2.24, 2.45) is 0 Å². The summed E-state index contributed by atoms with van der Waals surface area (Å²) in [6.07, 6.45) is -1.73. The van der Waals surface area contributed by atoms with Gasteiger partial charge in [-0.2, -0.15) is 18.4 Å². The van der Waals surface area contributed by atoms with Gasteiger partial charge in [0, 0.05) is 88.3 Å². The van der Waals surface area contributed by atoms with Crippen molar-refractivity contribution in [1.29, 1.82) is 5.26 Å². The number of hydrogen-bond donors (Lipinski definition) is 0. The summed E-state index contributed by atoms with van der Waals surface area (Å²) in [5.41, 5.74) is 9.86. The maximum absolute atomic E-state index is 15.7. The van der Waals surface area contributed by atoms with Crippen LogP contribution in [0.15, 0.2) is 322 Å². The molecule has 16 nitrogen and oxygen atoms in total. The highest BCUT2D eigenvalue weighted by molar-refractivity contribution is 6.13. The van der Waals surface area contributed by atoms with E-state index < -0.39 is 11.7 Å². The fraction of sp³-hybridized carbons (Fsp3) is 0.0110. The highest BCUT2D eigenvalue weighted by atomic mass is 19.4. The van der Waals surface area contributed by atoms with Crippen molar-refractivity contribution in [2.45, 2.75) is 6.18 Å². The Hall–Kier alpha value is -15.3. The molecule has 19 rings (SSSR count). The zero-order valence-corrected chi connectivity index (χ0v) is 57.9. The normalized spacial score (nSPS) is 11.6. The van der Waals surface area contributed by atoms with Gasteiger partial charge in [0.15, 0.2) is 64.1 Å². The first-order valence-electron chi connectivity index (χ1n) is 35.2. The Kier molecular flexibility index (Phi) is 16.3. The molecule has 0 radical (unpaired) electrons. The lowest BCUT2D eigenvalue weighted by molar-refractivity contribution is -0.137. The molecule has 110 heavy (non-hydrogen) atoms. The van der Waals surface area contributed by atoms with Gasteiger partial charge in [0.05, 0.1) is 51.1 Å². The molecule has 19 aromatic rings. The molecule has 7 heterocycles. The molecule has 19 heteroatoms. The van der Waals surface area contributed by atoms with Crippen LogP contribution in [0.1, 0.15) is 11.1 Å². The molecule has 0 aliphatic carbocycles. The van der Waals surface area contributed by atoms with Gasteiger partial charge in [-0.25, -0.2) is 64.8 Å². The first-order chi connectivity index (χ1) is 54.0. The van der Waals surface area contributed by atoms with Crippen LogP contribution in [0.2, 0.25) is 0 Å². The fourth-order valence-electron chi connectivity index (χ4n) is 14.1. The Bertz CT molecular complexity index is 6470. The third-order valence-corrected chi connectivity index (χ3v) is 19.3. The molecule has 0 atom stereocenters. The summed E-state index contributed by atoms with van der Waals surface area (Å²) >= 11 is 0. The Labute approximate surface area is 625 Å². The minimum Gasteiger partial charge on any atom is -0.307 e. The van der Waals surface area contributed by atoms with Gasteiger partial charge in [-0.1, -0.05) is 261 Å². The molecule has 518 valence electrons. The van der Waals surface area contributed by atoms with E-state index in [1.165, 1.54) is 12.4 Å². The van der Waals surface area contributed by atoms with E-state index >= 15 is 13.2 Å². The number of hydrogen-bond acceptors (Lipinski definition) is 14. The number of aromatic nitrogens is 15. The second kappa shape index (κ2) is 27.3. The topological polar surface area (TPSA) is 201 Å². The van der Waals surface area contributed by atoms with E-state index in [9.17, 15) is 5.26 Å². The Morgan fingerprint density at radius 3 is 0.864 bits per heavy atom. The first kappa shape index (κ1) is 65.5. The standard InChI is InChI=1S/C91H53F3N16/c92-91(93,94)68-45-55(52-95)44-67(46-68)73-51-79(96-53-78(73)109-74-47-63(81-98-54-97-80(99-81)56-22-8-1-9-23-56)36-40-69(74)70-41-37-64(48-75(70)109)88-103-82(57-24-10-2-11-25-57)100-83(104-88)58-26-12-3-13-27-58)110-76-49-65(89-105-84(59-28-14-4-15-29-59)101-85(106-89)60-30-16-5-17-31-60)38-42-71(76)72-43-39-66(50-77(72)110)90-107-86(61-32-18-6-19-33-61)102-87(108-90)62-34-20-7-21-35-62/h1-51,53-54H. The number of halogens is 3. The lowest BCUT2D eigenvalue weighted by Crippen LogP contribution is -2.07. The van der Waals surface area contributed by atoms with E-state index in [1.807, 2.05) is 294 Å². The van der Waals surface area contributed by atoms with Crippen LogP contribution in [0.25, 0.3) is 192 Å². The van der Waals surface area contributed by atoms with Gasteiger partial charge < -0.3 is 4.57 Å². The van der Waals surface area contributed by atoms with Crippen molar-refractivity contribution in [2.75, 3.05) is 0 Å². The lowest BCUT2D eigenvalue weighted by atomic mass is 9.98. The number of alkyl halides is 3. The van der Waals surface area contributed by atoms with Crippen molar-refractivity contribution >= 4 is 43.6 Å². The van der Waals surface area contributed by atoms with Crippen LogP contribution in [0.3, 0.4) is 0 Å². The Balaban J connectivity index is 0.894. The summed E-state index contributed by atoms with van der Waals surface area (Å²) in [7, 11) is 0. The minimum atomic E-state index is -4.88. The van der Waals surface area contributed by atoms with E-state index in [4.69, 9.17) is 59.8 Å². The van der Waals surface area contributed by atoms with Crippen LogP contribution in [0.5, 0.6) is 0 Å². The van der Waals surface area contributed by atoms with Crippen LogP contribution in [0, 0.1) is 11.3 Å². The summed E-state index contributed by atoms with van der Waals surface area (Å²) in [5.74, 6) is 4.95. The Morgan fingerprint density at radius 2 is 0.545 bits per heavy atom. The molecule has 0 aliphatic rings. The highest BCUT2D eigenvalue weighted by Crippen LogP contribution is 2.44. The molecule has 0 spiro atoms.